The number of nitrogens with one attached hydrogen (secondary N) is 1. The number of hydrogen-bond donors (Lipinski definition) is 2. The van der Waals surface area contributed by atoms with Gasteiger partial charge in [0, 0.05) is 11.6 Å². The second-order valence-electron chi connectivity index (χ2n) is 4.69. The van der Waals surface area contributed by atoms with Gasteiger partial charge in [0.1, 0.15) is 5.72 Å². The number of aliphatic hydroxyl groups is 1. The third-order valence-corrected chi connectivity index (χ3v) is 2.51. The molecule has 2 N–H and O–H groups in total. The van der Waals surface area contributed by atoms with E-state index in [1.165, 1.54) is 0 Å². The molecule has 1 aromatic heterocycles. The monoisotopic (exact) mass is 194 g/mol. The number of aromatic nitrogens is 1. The molecule has 78 valence electrons. The smallest absolute Gasteiger partial charge is 0.137 e. The number of hydrogen-bond acceptors (Lipinski definition) is 3. The molecule has 14 heavy (non-hydrogen) atoms. The van der Waals surface area contributed by atoms with Crippen LogP contribution in [0, 0.1) is 5.41 Å². The zero-order chi connectivity index (χ0) is 10.8. The van der Waals surface area contributed by atoms with Crippen LogP contribution < -0.4 is 5.32 Å². The summed E-state index contributed by atoms with van der Waals surface area (Å²) in [5.74, 6) is 0. The zero-order valence-corrected chi connectivity index (χ0v) is 9.20. The quantitative estimate of drug-likeness (QED) is 0.710. The summed E-state index contributed by atoms with van der Waals surface area (Å²) in [7, 11) is 0. The third kappa shape index (κ3) is 2.45. The molecular formula is C11H18N2O. The van der Waals surface area contributed by atoms with Crippen molar-refractivity contribution < 1.29 is 5.11 Å². The maximum Gasteiger partial charge on any atom is 0.137 e. The van der Waals surface area contributed by atoms with Gasteiger partial charge in [-0.1, -0.05) is 20.8 Å². The Morgan fingerprint density at radius 2 is 1.93 bits per heavy atom. The van der Waals surface area contributed by atoms with Gasteiger partial charge in [-0.2, -0.15) is 0 Å². The van der Waals surface area contributed by atoms with Crippen LogP contribution in [0.2, 0.25) is 0 Å². The number of nitrogens with zero attached hydrogens (tertiary/aromatic N) is 1. The van der Waals surface area contributed by atoms with Gasteiger partial charge in [-0.25, -0.2) is 0 Å². The Labute approximate surface area is 85.2 Å². The largest absolute Gasteiger partial charge is 0.371 e. The minimum absolute atomic E-state index is 0.233. The molecule has 1 unspecified atom stereocenters. The standard InChI is InChI=1S/C11H18N2O/c1-10(2,3)11(4,14)13-9-6-5-7-12-8-9/h5-8,13-14H,1-4H3. The van der Waals surface area contributed by atoms with Crippen LogP contribution in [0.25, 0.3) is 0 Å². The molecular weight excluding hydrogens is 176 g/mol. The molecule has 0 saturated carbocycles. The molecule has 0 aliphatic carbocycles. The highest BCUT2D eigenvalue weighted by molar-refractivity contribution is 5.42. The van der Waals surface area contributed by atoms with E-state index in [0.29, 0.717) is 0 Å². The second kappa shape index (κ2) is 3.58. The van der Waals surface area contributed by atoms with E-state index < -0.39 is 5.72 Å². The minimum atomic E-state index is -0.948. The molecule has 1 atom stereocenters. The first-order chi connectivity index (χ1) is 6.33. The molecule has 0 bridgehead atoms. The number of rotatable bonds is 2. The fourth-order valence-electron chi connectivity index (χ4n) is 0.905. The number of pyridine rings is 1. The molecule has 1 aromatic rings. The minimum Gasteiger partial charge on any atom is -0.371 e. The summed E-state index contributed by atoms with van der Waals surface area (Å²) in [6.07, 6.45) is 3.40. The molecule has 1 rings (SSSR count). The van der Waals surface area contributed by atoms with Crippen LogP contribution in [0.3, 0.4) is 0 Å². The van der Waals surface area contributed by atoms with Crippen molar-refractivity contribution in [2.45, 2.75) is 33.4 Å². The Morgan fingerprint density at radius 3 is 2.36 bits per heavy atom. The van der Waals surface area contributed by atoms with Gasteiger partial charge in [-0.05, 0) is 19.1 Å². The van der Waals surface area contributed by atoms with Crippen LogP contribution >= 0.6 is 0 Å². The summed E-state index contributed by atoms with van der Waals surface area (Å²) < 4.78 is 0. The highest BCUT2D eigenvalue weighted by Crippen LogP contribution is 2.30. The lowest BCUT2D eigenvalue weighted by Crippen LogP contribution is -2.46. The van der Waals surface area contributed by atoms with E-state index in [1.807, 2.05) is 32.9 Å². The molecule has 0 radical (unpaired) electrons. The Bertz CT molecular complexity index is 288. The van der Waals surface area contributed by atoms with Gasteiger partial charge in [0.2, 0.25) is 0 Å². The summed E-state index contributed by atoms with van der Waals surface area (Å²) in [4.78, 5) is 3.98. The van der Waals surface area contributed by atoms with E-state index in [4.69, 9.17) is 0 Å². The van der Waals surface area contributed by atoms with Crippen molar-refractivity contribution in [2.75, 3.05) is 5.32 Å². The van der Waals surface area contributed by atoms with Crippen LogP contribution in [-0.2, 0) is 0 Å². The van der Waals surface area contributed by atoms with Crippen LogP contribution in [0.15, 0.2) is 24.5 Å². The van der Waals surface area contributed by atoms with Gasteiger partial charge >= 0.3 is 0 Å². The lowest BCUT2D eigenvalue weighted by Gasteiger charge is -2.38. The topological polar surface area (TPSA) is 45.1 Å². The van der Waals surface area contributed by atoms with E-state index in [1.54, 1.807) is 19.3 Å². The summed E-state index contributed by atoms with van der Waals surface area (Å²) in [5.41, 5.74) is -0.355. The van der Waals surface area contributed by atoms with Crippen LogP contribution in [-0.4, -0.2) is 15.8 Å². The lowest BCUT2D eigenvalue weighted by molar-refractivity contribution is -0.0150. The van der Waals surface area contributed by atoms with Crippen molar-refractivity contribution in [3.63, 3.8) is 0 Å². The average Bonchev–Trinajstić information content (AvgIpc) is 2.03. The van der Waals surface area contributed by atoms with E-state index >= 15 is 0 Å². The average molecular weight is 194 g/mol. The van der Waals surface area contributed by atoms with Crippen molar-refractivity contribution in [3.05, 3.63) is 24.5 Å². The molecule has 0 aromatic carbocycles. The lowest BCUT2D eigenvalue weighted by atomic mass is 9.84. The van der Waals surface area contributed by atoms with Crippen LogP contribution in [0.5, 0.6) is 0 Å². The van der Waals surface area contributed by atoms with E-state index in [-0.39, 0.29) is 5.41 Å². The summed E-state index contributed by atoms with van der Waals surface area (Å²) in [6.45, 7) is 7.71. The van der Waals surface area contributed by atoms with Gasteiger partial charge in [-0.15, -0.1) is 0 Å². The molecule has 1 heterocycles. The number of anilines is 1. The van der Waals surface area contributed by atoms with Gasteiger partial charge in [0.25, 0.3) is 0 Å². The first-order valence-electron chi connectivity index (χ1n) is 4.73. The Balaban J connectivity index is 2.79. The third-order valence-electron chi connectivity index (χ3n) is 2.51. The van der Waals surface area contributed by atoms with Gasteiger partial charge in [0.05, 0.1) is 11.9 Å². The van der Waals surface area contributed by atoms with Gasteiger partial charge in [0.15, 0.2) is 0 Å². The summed E-state index contributed by atoms with van der Waals surface area (Å²) in [5, 5.41) is 13.2. The van der Waals surface area contributed by atoms with Gasteiger partial charge in [-0.3, -0.25) is 4.98 Å². The van der Waals surface area contributed by atoms with Crippen molar-refractivity contribution in [1.29, 1.82) is 0 Å². The van der Waals surface area contributed by atoms with E-state index in [9.17, 15) is 5.11 Å². The first kappa shape index (κ1) is 11.0. The predicted octanol–water partition coefficient (Wildman–Crippen LogP) is 2.25. The zero-order valence-electron chi connectivity index (χ0n) is 9.20. The molecule has 0 saturated heterocycles. The van der Waals surface area contributed by atoms with Crippen molar-refractivity contribution in [1.82, 2.24) is 4.98 Å². The van der Waals surface area contributed by atoms with E-state index in [0.717, 1.165) is 5.69 Å². The molecule has 0 aliphatic heterocycles. The molecule has 0 spiro atoms. The molecule has 3 nitrogen and oxygen atoms in total. The van der Waals surface area contributed by atoms with E-state index in [2.05, 4.69) is 10.3 Å². The molecule has 0 fully saturated rings. The van der Waals surface area contributed by atoms with Crippen molar-refractivity contribution >= 4 is 5.69 Å². The van der Waals surface area contributed by atoms with Crippen LogP contribution in [0.4, 0.5) is 5.69 Å². The Hall–Kier alpha value is -1.09. The molecule has 0 amide bonds. The summed E-state index contributed by atoms with van der Waals surface area (Å²) in [6, 6.07) is 3.72. The van der Waals surface area contributed by atoms with Crippen molar-refractivity contribution in [3.8, 4) is 0 Å². The Morgan fingerprint density at radius 1 is 1.29 bits per heavy atom. The Kier molecular flexibility index (Phi) is 2.81. The first-order valence-corrected chi connectivity index (χ1v) is 4.73. The van der Waals surface area contributed by atoms with Crippen molar-refractivity contribution in [2.24, 2.45) is 5.41 Å². The fourth-order valence-corrected chi connectivity index (χ4v) is 0.905. The highest BCUT2D eigenvalue weighted by Gasteiger charge is 2.34. The highest BCUT2D eigenvalue weighted by atomic mass is 16.3. The molecule has 0 aliphatic rings. The fraction of sp³-hybridized carbons (Fsp3) is 0.545. The molecule has 3 heteroatoms. The maximum absolute atomic E-state index is 10.2. The predicted molar refractivity (Wildman–Crippen MR) is 57.9 cm³/mol. The SMILES string of the molecule is CC(C)(C)C(C)(O)Nc1cccnc1. The summed E-state index contributed by atoms with van der Waals surface area (Å²) >= 11 is 0. The van der Waals surface area contributed by atoms with Crippen LogP contribution in [0.1, 0.15) is 27.7 Å². The second-order valence-corrected chi connectivity index (χ2v) is 4.69. The maximum atomic E-state index is 10.2. The normalized spacial score (nSPS) is 16.1. The van der Waals surface area contributed by atoms with Gasteiger partial charge < -0.3 is 10.4 Å².